The summed E-state index contributed by atoms with van der Waals surface area (Å²) in [6.45, 7) is 9.73. The van der Waals surface area contributed by atoms with Gasteiger partial charge in [0.05, 0.1) is 24.7 Å². The van der Waals surface area contributed by atoms with Crippen LogP contribution in [0.2, 0.25) is 0 Å². The Bertz CT molecular complexity index is 251. The molecule has 0 aliphatic carbocycles. The molecule has 17 heavy (non-hydrogen) atoms. The largest absolute Gasteiger partial charge is 0.379 e. The zero-order chi connectivity index (χ0) is 12.9. The van der Waals surface area contributed by atoms with Crippen molar-refractivity contribution in [2.45, 2.75) is 45.8 Å². The average Bonchev–Trinajstić information content (AvgIpc) is 2.70. The molecule has 5 nitrogen and oxygen atoms in total. The zero-order valence-corrected chi connectivity index (χ0v) is 11.2. The molecule has 1 heterocycles. The van der Waals surface area contributed by atoms with Gasteiger partial charge in [-0.15, -0.1) is 0 Å². The summed E-state index contributed by atoms with van der Waals surface area (Å²) in [7, 11) is 0. The molecule has 100 valence electrons. The fraction of sp³-hybridized carbons (Fsp3) is 0.917. The second-order valence-corrected chi connectivity index (χ2v) is 5.39. The van der Waals surface area contributed by atoms with E-state index >= 15 is 0 Å². The van der Waals surface area contributed by atoms with Gasteiger partial charge in [0.15, 0.2) is 0 Å². The number of amides is 1. The maximum Gasteiger partial charge on any atom is 0.250 e. The highest BCUT2D eigenvalue weighted by Crippen LogP contribution is 2.14. The average molecular weight is 244 g/mol. The van der Waals surface area contributed by atoms with Crippen molar-refractivity contribution >= 4 is 5.91 Å². The Kier molecular flexibility index (Phi) is 5.36. The van der Waals surface area contributed by atoms with Gasteiger partial charge >= 0.3 is 0 Å². The Morgan fingerprint density at radius 3 is 2.71 bits per heavy atom. The first-order valence-electron chi connectivity index (χ1n) is 6.23. The molecule has 0 aromatic rings. The van der Waals surface area contributed by atoms with E-state index in [0.29, 0.717) is 13.2 Å². The second-order valence-electron chi connectivity index (χ2n) is 5.39. The van der Waals surface area contributed by atoms with E-state index in [2.05, 4.69) is 17.7 Å². The minimum atomic E-state index is -0.374. The molecule has 0 spiro atoms. The number of hydrogen-bond acceptors (Lipinski definition) is 4. The van der Waals surface area contributed by atoms with Gasteiger partial charge in [0, 0.05) is 6.04 Å². The van der Waals surface area contributed by atoms with Crippen molar-refractivity contribution in [3.05, 3.63) is 0 Å². The first-order valence-corrected chi connectivity index (χ1v) is 6.23. The molecule has 0 radical (unpaired) electrons. The Labute approximate surface area is 103 Å². The highest BCUT2D eigenvalue weighted by atomic mass is 16.7. The van der Waals surface area contributed by atoms with E-state index in [1.54, 1.807) is 0 Å². The minimum Gasteiger partial charge on any atom is -0.379 e. The molecule has 2 unspecified atom stereocenters. The van der Waals surface area contributed by atoms with Gasteiger partial charge < -0.3 is 10.1 Å². The van der Waals surface area contributed by atoms with E-state index in [4.69, 9.17) is 9.57 Å². The number of hydroxylamine groups is 1. The van der Waals surface area contributed by atoms with Crippen LogP contribution in [0, 0.1) is 5.92 Å². The van der Waals surface area contributed by atoms with Gasteiger partial charge in [-0.25, -0.2) is 5.48 Å². The van der Waals surface area contributed by atoms with Crippen molar-refractivity contribution in [1.82, 2.24) is 10.8 Å². The lowest BCUT2D eigenvalue weighted by Gasteiger charge is -2.22. The molecule has 1 aliphatic rings. The van der Waals surface area contributed by atoms with Crippen molar-refractivity contribution in [1.29, 1.82) is 0 Å². The number of nitrogens with one attached hydrogen (secondary N) is 2. The first-order chi connectivity index (χ1) is 7.94. The van der Waals surface area contributed by atoms with Crippen LogP contribution in [-0.2, 0) is 14.4 Å². The van der Waals surface area contributed by atoms with Crippen LogP contribution in [0.25, 0.3) is 0 Å². The van der Waals surface area contributed by atoms with E-state index < -0.39 is 0 Å². The zero-order valence-electron chi connectivity index (χ0n) is 11.2. The predicted octanol–water partition coefficient (Wildman–Crippen LogP) is 0.847. The Balaban J connectivity index is 2.39. The standard InChI is InChI=1S/C12H24N2O3/c1-5-6-13-10-8-16-7-9(10)11(15)14-17-12(2,3)4/h9-10,13H,5-8H2,1-4H3,(H,14,15). The van der Waals surface area contributed by atoms with Gasteiger partial charge in [0.1, 0.15) is 0 Å². The summed E-state index contributed by atoms with van der Waals surface area (Å²) < 4.78 is 5.34. The highest BCUT2D eigenvalue weighted by Gasteiger charge is 2.34. The number of rotatable bonds is 5. The fourth-order valence-corrected chi connectivity index (χ4v) is 1.62. The number of carbonyl (C=O) groups is 1. The Morgan fingerprint density at radius 2 is 2.12 bits per heavy atom. The molecule has 0 aromatic heterocycles. The van der Waals surface area contributed by atoms with Gasteiger partial charge in [-0.05, 0) is 33.7 Å². The quantitative estimate of drug-likeness (QED) is 0.704. The number of ether oxygens (including phenoxy) is 1. The lowest BCUT2D eigenvalue weighted by molar-refractivity contribution is -0.150. The van der Waals surface area contributed by atoms with Gasteiger partial charge in [-0.3, -0.25) is 9.63 Å². The lowest BCUT2D eigenvalue weighted by Crippen LogP contribution is -2.45. The van der Waals surface area contributed by atoms with Crippen molar-refractivity contribution in [2.24, 2.45) is 5.92 Å². The molecular weight excluding hydrogens is 220 g/mol. The third-order valence-electron chi connectivity index (χ3n) is 2.53. The van der Waals surface area contributed by atoms with Crippen LogP contribution in [-0.4, -0.2) is 37.3 Å². The molecule has 2 atom stereocenters. The van der Waals surface area contributed by atoms with Crippen molar-refractivity contribution in [3.63, 3.8) is 0 Å². The van der Waals surface area contributed by atoms with Gasteiger partial charge in [0.25, 0.3) is 5.91 Å². The molecule has 0 saturated carbocycles. The summed E-state index contributed by atoms with van der Waals surface area (Å²) in [4.78, 5) is 17.2. The van der Waals surface area contributed by atoms with Crippen LogP contribution in [0.15, 0.2) is 0 Å². The summed E-state index contributed by atoms with van der Waals surface area (Å²) in [5.41, 5.74) is 2.14. The van der Waals surface area contributed by atoms with E-state index in [1.165, 1.54) is 0 Å². The van der Waals surface area contributed by atoms with E-state index in [9.17, 15) is 4.79 Å². The number of hydrogen-bond donors (Lipinski definition) is 2. The van der Waals surface area contributed by atoms with Crippen molar-refractivity contribution in [3.8, 4) is 0 Å². The van der Waals surface area contributed by atoms with Gasteiger partial charge in [-0.1, -0.05) is 6.92 Å². The first kappa shape index (κ1) is 14.4. The molecule has 1 rings (SSSR count). The summed E-state index contributed by atoms with van der Waals surface area (Å²) in [6, 6.07) is 0.0959. The molecule has 1 fully saturated rings. The van der Waals surface area contributed by atoms with Crippen LogP contribution < -0.4 is 10.8 Å². The third kappa shape index (κ3) is 5.02. The van der Waals surface area contributed by atoms with E-state index in [0.717, 1.165) is 13.0 Å². The molecule has 0 bridgehead atoms. The van der Waals surface area contributed by atoms with Gasteiger partial charge in [0.2, 0.25) is 0 Å². The SMILES string of the molecule is CCCNC1COCC1C(=O)NOC(C)(C)C. The normalized spacial score (nSPS) is 24.9. The third-order valence-corrected chi connectivity index (χ3v) is 2.53. The molecule has 0 aromatic carbocycles. The fourth-order valence-electron chi connectivity index (χ4n) is 1.62. The Morgan fingerprint density at radius 1 is 1.41 bits per heavy atom. The summed E-state index contributed by atoms with van der Waals surface area (Å²) in [5.74, 6) is -0.269. The maximum atomic E-state index is 11.9. The minimum absolute atomic E-state index is 0.0959. The van der Waals surface area contributed by atoms with Crippen LogP contribution >= 0.6 is 0 Å². The van der Waals surface area contributed by atoms with Crippen LogP contribution in [0.4, 0.5) is 0 Å². The summed E-state index contributed by atoms with van der Waals surface area (Å²) in [6.07, 6.45) is 1.04. The van der Waals surface area contributed by atoms with E-state index in [1.807, 2.05) is 20.8 Å². The molecule has 5 heteroatoms. The summed E-state index contributed by atoms with van der Waals surface area (Å²) >= 11 is 0. The highest BCUT2D eigenvalue weighted by molar-refractivity contribution is 5.78. The predicted molar refractivity (Wildman–Crippen MR) is 65.4 cm³/mol. The summed E-state index contributed by atoms with van der Waals surface area (Å²) in [5, 5.41) is 3.32. The smallest absolute Gasteiger partial charge is 0.250 e. The monoisotopic (exact) mass is 244 g/mol. The number of carbonyl (C=O) groups excluding carboxylic acids is 1. The molecule has 1 saturated heterocycles. The molecular formula is C12H24N2O3. The lowest BCUT2D eigenvalue weighted by atomic mass is 10.0. The van der Waals surface area contributed by atoms with E-state index in [-0.39, 0.29) is 23.5 Å². The van der Waals surface area contributed by atoms with Crippen LogP contribution in [0.3, 0.4) is 0 Å². The van der Waals surface area contributed by atoms with Crippen molar-refractivity contribution in [2.75, 3.05) is 19.8 Å². The topological polar surface area (TPSA) is 59.6 Å². The Hall–Kier alpha value is -0.650. The van der Waals surface area contributed by atoms with Crippen LogP contribution in [0.1, 0.15) is 34.1 Å². The molecule has 1 aliphatic heterocycles. The second kappa shape index (κ2) is 6.33. The molecule has 1 amide bonds. The van der Waals surface area contributed by atoms with Crippen molar-refractivity contribution < 1.29 is 14.4 Å². The molecule has 2 N–H and O–H groups in total. The van der Waals surface area contributed by atoms with Gasteiger partial charge in [-0.2, -0.15) is 0 Å². The van der Waals surface area contributed by atoms with Crippen LogP contribution in [0.5, 0.6) is 0 Å². The maximum absolute atomic E-state index is 11.9.